The number of nitrogens with one attached hydrogen (secondary N) is 1. The van der Waals surface area contributed by atoms with E-state index >= 15 is 0 Å². The first-order chi connectivity index (χ1) is 7.96. The van der Waals surface area contributed by atoms with E-state index in [0.717, 1.165) is 18.8 Å². The molecule has 0 amide bonds. The van der Waals surface area contributed by atoms with Gasteiger partial charge in [0.15, 0.2) is 0 Å². The molecule has 0 aliphatic carbocycles. The van der Waals surface area contributed by atoms with Gasteiger partial charge in [0.2, 0.25) is 0 Å². The van der Waals surface area contributed by atoms with Gasteiger partial charge in [0.05, 0.1) is 12.1 Å². The van der Waals surface area contributed by atoms with Crippen LogP contribution in [0.2, 0.25) is 0 Å². The summed E-state index contributed by atoms with van der Waals surface area (Å²) in [6.45, 7) is 7.27. The maximum atomic E-state index is 8.60. The lowest BCUT2D eigenvalue weighted by atomic mass is 9.88. The molecule has 1 heterocycles. The van der Waals surface area contributed by atoms with Crippen molar-refractivity contribution >= 4 is 0 Å². The van der Waals surface area contributed by atoms with Gasteiger partial charge in [-0.1, -0.05) is 13.8 Å². The molecule has 1 aromatic rings. The minimum Gasteiger partial charge on any atom is -0.319 e. The van der Waals surface area contributed by atoms with E-state index in [2.05, 4.69) is 42.4 Å². The Hall–Kier alpha value is -1.41. The Bertz CT molecular complexity index is 388. The van der Waals surface area contributed by atoms with Crippen molar-refractivity contribution in [3.63, 3.8) is 0 Å². The van der Waals surface area contributed by atoms with Crippen LogP contribution >= 0.6 is 0 Å². The molecule has 0 spiro atoms. The number of nitrogens with zero attached hydrogens (tertiary/aromatic N) is 4. The highest BCUT2D eigenvalue weighted by Crippen LogP contribution is 2.22. The number of aromatic nitrogens is 3. The third kappa shape index (κ3) is 4.16. The number of aryl methyl sites for hydroxylation is 1. The smallest absolute Gasteiger partial charge is 0.149 e. The molecule has 1 atom stereocenters. The molecule has 0 aliphatic rings. The fourth-order valence-corrected chi connectivity index (χ4v) is 1.69. The first kappa shape index (κ1) is 13.7. The maximum absolute atomic E-state index is 8.60. The van der Waals surface area contributed by atoms with Gasteiger partial charge in [0.25, 0.3) is 0 Å². The fraction of sp³-hybridized carbons (Fsp3) is 0.750. The molecule has 5 nitrogen and oxygen atoms in total. The van der Waals surface area contributed by atoms with Crippen LogP contribution in [-0.2, 0) is 7.05 Å². The average molecular weight is 235 g/mol. The molecule has 5 heteroatoms. The number of rotatable bonds is 6. The Morgan fingerprint density at radius 3 is 2.82 bits per heavy atom. The van der Waals surface area contributed by atoms with E-state index < -0.39 is 0 Å². The van der Waals surface area contributed by atoms with Gasteiger partial charge in [-0.15, -0.1) is 10.2 Å². The predicted molar refractivity (Wildman–Crippen MR) is 66.0 cm³/mol. The van der Waals surface area contributed by atoms with E-state index in [1.807, 2.05) is 11.6 Å². The molecular formula is C12H21N5. The van der Waals surface area contributed by atoms with Crippen molar-refractivity contribution in [3.05, 3.63) is 12.2 Å². The minimum atomic E-state index is 0.128. The molecule has 0 saturated carbocycles. The number of hydrogen-bond acceptors (Lipinski definition) is 4. The third-order valence-electron chi connectivity index (χ3n) is 2.93. The average Bonchev–Trinajstić information content (AvgIpc) is 2.70. The van der Waals surface area contributed by atoms with Crippen LogP contribution in [0.25, 0.3) is 0 Å². The number of hydrogen-bond donors (Lipinski definition) is 1. The Morgan fingerprint density at radius 2 is 2.29 bits per heavy atom. The van der Waals surface area contributed by atoms with Gasteiger partial charge in [0, 0.05) is 20.0 Å². The van der Waals surface area contributed by atoms with E-state index in [1.165, 1.54) is 0 Å². The summed E-state index contributed by atoms with van der Waals surface area (Å²) in [6, 6.07) is 2.36. The molecule has 0 aromatic carbocycles. The molecule has 0 bridgehead atoms. The van der Waals surface area contributed by atoms with Crippen LogP contribution in [0.1, 0.15) is 45.5 Å². The molecule has 1 unspecified atom stereocenters. The minimum absolute atomic E-state index is 0.128. The summed E-state index contributed by atoms with van der Waals surface area (Å²) < 4.78 is 1.92. The van der Waals surface area contributed by atoms with Crippen LogP contribution in [0, 0.1) is 16.7 Å². The summed E-state index contributed by atoms with van der Waals surface area (Å²) in [5.41, 5.74) is 0.128. The van der Waals surface area contributed by atoms with E-state index in [1.54, 1.807) is 6.33 Å². The Balaban J connectivity index is 2.46. The summed E-state index contributed by atoms with van der Waals surface area (Å²) >= 11 is 0. The van der Waals surface area contributed by atoms with Crippen LogP contribution < -0.4 is 5.32 Å². The normalized spacial score (nSPS) is 13.4. The standard InChI is InChI=1S/C12H21N5/c1-10(11-16-15-9-17(11)4)14-8-12(2,3)6-5-7-13/h9-10,14H,5-6,8H2,1-4H3. The van der Waals surface area contributed by atoms with Gasteiger partial charge in [0.1, 0.15) is 12.2 Å². The molecule has 1 aromatic heterocycles. The molecule has 0 aliphatic heterocycles. The van der Waals surface area contributed by atoms with Crippen molar-refractivity contribution in [1.29, 1.82) is 5.26 Å². The SMILES string of the molecule is CC(NCC(C)(C)CCC#N)c1nncn1C. The van der Waals surface area contributed by atoms with Crippen LogP contribution in [0.3, 0.4) is 0 Å². The Labute approximate surface area is 103 Å². The van der Waals surface area contributed by atoms with Crippen molar-refractivity contribution in [1.82, 2.24) is 20.1 Å². The van der Waals surface area contributed by atoms with Gasteiger partial charge in [-0.25, -0.2) is 0 Å². The first-order valence-electron chi connectivity index (χ1n) is 5.90. The topological polar surface area (TPSA) is 66.5 Å². The molecule has 94 valence electrons. The summed E-state index contributed by atoms with van der Waals surface area (Å²) in [7, 11) is 1.94. The second kappa shape index (κ2) is 5.78. The van der Waals surface area contributed by atoms with Gasteiger partial charge >= 0.3 is 0 Å². The highest BCUT2D eigenvalue weighted by atomic mass is 15.3. The summed E-state index contributed by atoms with van der Waals surface area (Å²) in [6.07, 6.45) is 3.21. The molecule has 0 fully saturated rings. The predicted octanol–water partition coefficient (Wildman–Crippen LogP) is 1.80. The van der Waals surface area contributed by atoms with Crippen molar-refractivity contribution in [2.24, 2.45) is 12.5 Å². The monoisotopic (exact) mass is 235 g/mol. The lowest BCUT2D eigenvalue weighted by Crippen LogP contribution is -2.32. The Morgan fingerprint density at radius 1 is 1.59 bits per heavy atom. The number of nitriles is 1. The summed E-state index contributed by atoms with van der Waals surface area (Å²) in [4.78, 5) is 0. The lowest BCUT2D eigenvalue weighted by Gasteiger charge is -2.26. The summed E-state index contributed by atoms with van der Waals surface area (Å²) in [5.74, 6) is 0.932. The van der Waals surface area contributed by atoms with Crippen LogP contribution in [-0.4, -0.2) is 21.3 Å². The fourth-order valence-electron chi connectivity index (χ4n) is 1.69. The maximum Gasteiger partial charge on any atom is 0.149 e. The van der Waals surface area contributed by atoms with Crippen LogP contribution in [0.15, 0.2) is 6.33 Å². The van der Waals surface area contributed by atoms with Gasteiger partial charge in [-0.3, -0.25) is 0 Å². The quantitative estimate of drug-likeness (QED) is 0.816. The third-order valence-corrected chi connectivity index (χ3v) is 2.93. The van der Waals surface area contributed by atoms with Crippen LogP contribution in [0.5, 0.6) is 0 Å². The highest BCUT2D eigenvalue weighted by molar-refractivity contribution is 4.92. The van der Waals surface area contributed by atoms with E-state index in [9.17, 15) is 0 Å². The van der Waals surface area contributed by atoms with E-state index in [4.69, 9.17) is 5.26 Å². The lowest BCUT2D eigenvalue weighted by molar-refractivity contribution is 0.301. The largest absolute Gasteiger partial charge is 0.319 e. The van der Waals surface area contributed by atoms with E-state index in [0.29, 0.717) is 6.42 Å². The second-order valence-corrected chi connectivity index (χ2v) is 5.22. The molecule has 0 radical (unpaired) electrons. The zero-order chi connectivity index (χ0) is 12.9. The first-order valence-corrected chi connectivity index (χ1v) is 5.90. The van der Waals surface area contributed by atoms with Crippen LogP contribution in [0.4, 0.5) is 0 Å². The zero-order valence-electron chi connectivity index (χ0n) is 11.1. The molecule has 0 saturated heterocycles. The van der Waals surface area contributed by atoms with Gasteiger partial charge in [-0.05, 0) is 18.8 Å². The highest BCUT2D eigenvalue weighted by Gasteiger charge is 2.19. The summed E-state index contributed by atoms with van der Waals surface area (Å²) in [5, 5.41) is 20.0. The molecule has 1 N–H and O–H groups in total. The van der Waals surface area contributed by atoms with Crippen molar-refractivity contribution < 1.29 is 0 Å². The molecular weight excluding hydrogens is 214 g/mol. The zero-order valence-corrected chi connectivity index (χ0v) is 11.1. The Kier molecular flexibility index (Phi) is 4.64. The van der Waals surface area contributed by atoms with Crippen molar-refractivity contribution in [3.8, 4) is 6.07 Å². The van der Waals surface area contributed by atoms with Gasteiger partial charge in [-0.2, -0.15) is 5.26 Å². The molecule has 17 heavy (non-hydrogen) atoms. The van der Waals surface area contributed by atoms with Crippen molar-refractivity contribution in [2.75, 3.05) is 6.54 Å². The van der Waals surface area contributed by atoms with E-state index in [-0.39, 0.29) is 11.5 Å². The second-order valence-electron chi connectivity index (χ2n) is 5.22. The van der Waals surface area contributed by atoms with Crippen molar-refractivity contribution in [2.45, 2.75) is 39.7 Å². The van der Waals surface area contributed by atoms with Gasteiger partial charge < -0.3 is 9.88 Å². The molecule has 1 rings (SSSR count).